The van der Waals surface area contributed by atoms with Gasteiger partial charge in [-0.3, -0.25) is 37.7 Å². The minimum atomic E-state index is -4.75. The van der Waals surface area contributed by atoms with E-state index in [1.165, 1.54) is 13.1 Å². The Morgan fingerprint density at radius 3 is 2.38 bits per heavy atom. The number of aromatic amines is 2. The Labute approximate surface area is 206 Å². The van der Waals surface area contributed by atoms with Crippen LogP contribution in [0, 0.1) is 6.92 Å². The Hall–Kier alpha value is -2.73. The number of aryl methyl sites for hydroxylation is 1. The normalized spacial score (nSPS) is 31.4. The van der Waals surface area contributed by atoms with Crippen molar-refractivity contribution >= 4 is 7.82 Å². The summed E-state index contributed by atoms with van der Waals surface area (Å²) in [5.74, 6) is 0. The van der Waals surface area contributed by atoms with Crippen molar-refractivity contribution in [2.24, 2.45) is 0 Å². The van der Waals surface area contributed by atoms with Crippen LogP contribution >= 0.6 is 7.82 Å². The predicted molar refractivity (Wildman–Crippen MR) is 120 cm³/mol. The Balaban J connectivity index is 1.32. The molecule has 0 saturated carbocycles. The molecule has 0 amide bonds. The first kappa shape index (κ1) is 27.3. The fourth-order valence-corrected chi connectivity index (χ4v) is 4.73. The number of H-pyrrole nitrogens is 2. The van der Waals surface area contributed by atoms with Gasteiger partial charge >= 0.3 is 19.2 Å². The molecular formula is C19H25N4O13P. The highest BCUT2D eigenvalue weighted by Crippen LogP contribution is 2.45. The van der Waals surface area contributed by atoms with Gasteiger partial charge in [0, 0.05) is 30.4 Å². The lowest BCUT2D eigenvalue weighted by atomic mass is 10.1. The monoisotopic (exact) mass is 548 g/mol. The number of phosphoric ester groups is 1. The third-order valence-corrected chi connectivity index (χ3v) is 6.82. The fraction of sp³-hybridized carbons (Fsp3) is 0.579. The molecule has 2 aromatic rings. The zero-order valence-corrected chi connectivity index (χ0v) is 20.1. The van der Waals surface area contributed by atoms with Crippen LogP contribution in [0.5, 0.6) is 0 Å². The molecule has 0 bridgehead atoms. The van der Waals surface area contributed by atoms with Gasteiger partial charge in [0.2, 0.25) is 0 Å². The standard InChI is InChI=1S/C19H25N4O13P/c1-8-5-23(19(30)21-15(8)28)16-10(24)4-9(35-16)6-33-37(31,32)34-7-11-13(26)14(27)17(36-11)22-3-2-12(25)20-18(22)29/h2-3,5,9-11,13-14,16-17,24,26-27H,4,6-7H2,1H3,(H,31,32)(H,20,25,29)(H,21,28,30)/t9-,10+,11+,13+,14+,16+,17+/m0/s1. The minimum absolute atomic E-state index is 0.0679. The summed E-state index contributed by atoms with van der Waals surface area (Å²) in [5, 5.41) is 30.7. The Morgan fingerprint density at radius 1 is 1.00 bits per heavy atom. The van der Waals surface area contributed by atoms with Gasteiger partial charge in [-0.1, -0.05) is 0 Å². The summed E-state index contributed by atoms with van der Waals surface area (Å²) in [4.78, 5) is 60.8. The van der Waals surface area contributed by atoms with Crippen LogP contribution in [0.25, 0.3) is 0 Å². The van der Waals surface area contributed by atoms with Crippen LogP contribution in [-0.4, -0.2) is 83.0 Å². The van der Waals surface area contributed by atoms with Crippen molar-refractivity contribution in [1.82, 2.24) is 19.1 Å². The molecule has 17 nitrogen and oxygen atoms in total. The lowest BCUT2D eigenvalue weighted by molar-refractivity contribution is -0.0623. The lowest BCUT2D eigenvalue weighted by Gasteiger charge is -2.19. The van der Waals surface area contributed by atoms with Gasteiger partial charge in [-0.25, -0.2) is 14.2 Å². The van der Waals surface area contributed by atoms with Crippen molar-refractivity contribution in [2.75, 3.05) is 13.2 Å². The van der Waals surface area contributed by atoms with Gasteiger partial charge in [-0.15, -0.1) is 0 Å². The molecule has 2 aliphatic rings. The summed E-state index contributed by atoms with van der Waals surface area (Å²) in [6.07, 6.45) is -7.07. The molecule has 204 valence electrons. The topological polar surface area (TPSA) is 245 Å². The highest BCUT2D eigenvalue weighted by atomic mass is 31.2. The lowest BCUT2D eigenvalue weighted by Crippen LogP contribution is -2.37. The van der Waals surface area contributed by atoms with E-state index in [1.807, 2.05) is 4.98 Å². The van der Waals surface area contributed by atoms with Crippen molar-refractivity contribution in [3.05, 3.63) is 65.7 Å². The smallest absolute Gasteiger partial charge is 0.388 e. The van der Waals surface area contributed by atoms with Crippen LogP contribution in [0.3, 0.4) is 0 Å². The molecule has 2 fully saturated rings. The molecule has 4 heterocycles. The van der Waals surface area contributed by atoms with E-state index in [2.05, 4.69) is 4.98 Å². The number of hydrogen-bond acceptors (Lipinski definition) is 12. The molecule has 37 heavy (non-hydrogen) atoms. The van der Waals surface area contributed by atoms with E-state index in [4.69, 9.17) is 18.5 Å². The van der Waals surface area contributed by atoms with Crippen molar-refractivity contribution in [3.8, 4) is 0 Å². The van der Waals surface area contributed by atoms with Gasteiger partial charge in [0.1, 0.15) is 24.4 Å². The summed E-state index contributed by atoms with van der Waals surface area (Å²) < 4.78 is 34.8. The van der Waals surface area contributed by atoms with Gasteiger partial charge in [0.15, 0.2) is 12.5 Å². The average Bonchev–Trinajstić information content (AvgIpc) is 3.33. The molecule has 2 aromatic heterocycles. The molecule has 1 unspecified atom stereocenters. The van der Waals surface area contributed by atoms with E-state index in [0.29, 0.717) is 0 Å². The van der Waals surface area contributed by atoms with Crippen LogP contribution in [0.4, 0.5) is 0 Å². The number of aromatic nitrogens is 4. The van der Waals surface area contributed by atoms with Gasteiger partial charge in [-0.05, 0) is 6.92 Å². The molecule has 6 N–H and O–H groups in total. The van der Waals surface area contributed by atoms with Crippen molar-refractivity contribution < 1.29 is 43.3 Å². The van der Waals surface area contributed by atoms with E-state index < -0.39 is 86.5 Å². The van der Waals surface area contributed by atoms with Crippen LogP contribution in [0.15, 0.2) is 37.6 Å². The fourth-order valence-electron chi connectivity index (χ4n) is 3.97. The number of ether oxygens (including phenoxy) is 2. The van der Waals surface area contributed by atoms with Crippen molar-refractivity contribution in [2.45, 2.75) is 56.3 Å². The van der Waals surface area contributed by atoms with Crippen molar-refractivity contribution in [3.63, 3.8) is 0 Å². The Bertz CT molecular complexity index is 1420. The van der Waals surface area contributed by atoms with Gasteiger partial charge in [0.25, 0.3) is 11.1 Å². The summed E-state index contributed by atoms with van der Waals surface area (Å²) in [5.41, 5.74) is -2.78. The van der Waals surface area contributed by atoms with E-state index in [-0.39, 0.29) is 12.0 Å². The summed E-state index contributed by atoms with van der Waals surface area (Å²) in [6.45, 7) is 0.217. The number of hydrogen-bond donors (Lipinski definition) is 6. The molecular weight excluding hydrogens is 523 g/mol. The maximum atomic E-state index is 12.3. The molecule has 2 saturated heterocycles. The molecule has 0 spiro atoms. The zero-order chi connectivity index (χ0) is 27.1. The quantitative estimate of drug-likeness (QED) is 0.178. The van der Waals surface area contributed by atoms with Crippen LogP contribution < -0.4 is 22.5 Å². The summed E-state index contributed by atoms with van der Waals surface area (Å²) in [6, 6.07) is 1.00. The molecule has 2 aliphatic heterocycles. The molecule has 18 heteroatoms. The van der Waals surface area contributed by atoms with Gasteiger partial charge < -0.3 is 29.7 Å². The number of nitrogens with zero attached hydrogens (tertiary/aromatic N) is 2. The van der Waals surface area contributed by atoms with E-state index in [1.54, 1.807) is 0 Å². The third kappa shape index (κ3) is 5.90. The first-order valence-corrected chi connectivity index (χ1v) is 12.5. The molecule has 4 rings (SSSR count). The first-order valence-electron chi connectivity index (χ1n) is 11.0. The highest BCUT2D eigenvalue weighted by molar-refractivity contribution is 7.47. The van der Waals surface area contributed by atoms with E-state index >= 15 is 0 Å². The second-order valence-electron chi connectivity index (χ2n) is 8.55. The average molecular weight is 548 g/mol. The van der Waals surface area contributed by atoms with Gasteiger partial charge in [-0.2, -0.15) is 0 Å². The SMILES string of the molecule is Cc1cn([C@@H]2O[C@H](COP(=O)(O)OC[C@H]3O[C@@H](n4ccc(=O)[nH]c4=O)[C@H](O)[C@@H]3O)C[C@H]2O)c(=O)[nH]c1=O. The second-order valence-corrected chi connectivity index (χ2v) is 10.0. The summed E-state index contributed by atoms with van der Waals surface area (Å²) in [7, 11) is -4.75. The molecule has 0 radical (unpaired) electrons. The number of rotatable bonds is 8. The number of nitrogens with one attached hydrogen (secondary N) is 2. The number of phosphoric acid groups is 1. The van der Waals surface area contributed by atoms with Crippen LogP contribution in [0.1, 0.15) is 24.4 Å². The van der Waals surface area contributed by atoms with Crippen molar-refractivity contribution in [1.29, 1.82) is 0 Å². The minimum Gasteiger partial charge on any atom is -0.388 e. The molecule has 0 aromatic carbocycles. The predicted octanol–water partition coefficient (Wildman–Crippen LogP) is -3.20. The molecule has 0 aliphatic carbocycles. The Kier molecular flexibility index (Phi) is 7.80. The Morgan fingerprint density at radius 2 is 1.68 bits per heavy atom. The first-order chi connectivity index (χ1) is 17.4. The molecule has 8 atom stereocenters. The second kappa shape index (κ2) is 10.6. The van der Waals surface area contributed by atoms with Gasteiger partial charge in [0.05, 0.1) is 19.3 Å². The highest BCUT2D eigenvalue weighted by Gasteiger charge is 2.45. The van der Waals surface area contributed by atoms with Crippen LogP contribution in [0.2, 0.25) is 0 Å². The van der Waals surface area contributed by atoms with Crippen LogP contribution in [-0.2, 0) is 23.1 Å². The van der Waals surface area contributed by atoms with E-state index in [9.17, 15) is 44.0 Å². The third-order valence-electron chi connectivity index (χ3n) is 5.87. The maximum Gasteiger partial charge on any atom is 0.472 e. The zero-order valence-electron chi connectivity index (χ0n) is 19.2. The largest absolute Gasteiger partial charge is 0.472 e. The number of aliphatic hydroxyl groups is 3. The number of aliphatic hydroxyl groups excluding tert-OH is 3. The summed E-state index contributed by atoms with van der Waals surface area (Å²) >= 11 is 0. The maximum absolute atomic E-state index is 12.3. The van der Waals surface area contributed by atoms with E-state index in [0.717, 1.165) is 21.4 Å².